The van der Waals surface area contributed by atoms with Crippen molar-refractivity contribution in [3.05, 3.63) is 0 Å². The fourth-order valence-corrected chi connectivity index (χ4v) is 1.32. The molecule has 0 aromatic carbocycles. The Bertz CT molecular complexity index is 144. The maximum absolute atomic E-state index is 11.8. The molecule has 0 amide bonds. The van der Waals surface area contributed by atoms with E-state index in [2.05, 4.69) is 24.1 Å². The molecule has 0 saturated carbocycles. The zero-order valence-corrected chi connectivity index (χ0v) is 9.53. The third kappa shape index (κ3) is 10.0. The quantitative estimate of drug-likeness (QED) is 0.639. The van der Waals surface area contributed by atoms with Gasteiger partial charge in [-0.05, 0) is 32.6 Å². The Morgan fingerprint density at radius 3 is 2.13 bits per heavy atom. The molecule has 1 N–H and O–H groups in total. The van der Waals surface area contributed by atoms with Gasteiger partial charge >= 0.3 is 6.18 Å². The van der Waals surface area contributed by atoms with E-state index in [1.54, 1.807) is 0 Å². The summed E-state index contributed by atoms with van der Waals surface area (Å²) in [5, 5.41) is 2.80. The minimum atomic E-state index is -4.04. The zero-order chi connectivity index (χ0) is 11.7. The molecule has 2 nitrogen and oxygen atoms in total. The molecule has 0 radical (unpaired) electrons. The first-order valence-corrected chi connectivity index (χ1v) is 5.49. The number of halogens is 3. The zero-order valence-electron chi connectivity index (χ0n) is 9.53. The van der Waals surface area contributed by atoms with Gasteiger partial charge in [0.1, 0.15) is 0 Å². The molecule has 0 aliphatic carbocycles. The van der Waals surface area contributed by atoms with Crippen molar-refractivity contribution in [2.45, 2.75) is 32.9 Å². The first-order valence-electron chi connectivity index (χ1n) is 5.49. The largest absolute Gasteiger partial charge is 0.390 e. The molecule has 0 heterocycles. The lowest BCUT2D eigenvalue weighted by Crippen LogP contribution is -2.28. The van der Waals surface area contributed by atoms with Crippen LogP contribution in [0.4, 0.5) is 13.2 Å². The second-order valence-corrected chi connectivity index (χ2v) is 3.50. The van der Waals surface area contributed by atoms with Crippen LogP contribution in [0.15, 0.2) is 0 Å². The van der Waals surface area contributed by atoms with Gasteiger partial charge in [-0.3, -0.25) is 0 Å². The van der Waals surface area contributed by atoms with Crippen LogP contribution in [0.25, 0.3) is 0 Å². The summed E-state index contributed by atoms with van der Waals surface area (Å²) in [6, 6.07) is 0. The summed E-state index contributed by atoms with van der Waals surface area (Å²) in [7, 11) is 0. The summed E-state index contributed by atoms with van der Waals surface area (Å²) in [5.41, 5.74) is 0. The lowest BCUT2D eigenvalue weighted by atomic mass is 10.3. The third-order valence-electron chi connectivity index (χ3n) is 2.31. The van der Waals surface area contributed by atoms with Gasteiger partial charge in [0, 0.05) is 6.54 Å². The van der Waals surface area contributed by atoms with Gasteiger partial charge in [-0.1, -0.05) is 13.8 Å². The van der Waals surface area contributed by atoms with Crippen molar-refractivity contribution in [3.8, 4) is 0 Å². The molecule has 0 rings (SSSR count). The monoisotopic (exact) mass is 226 g/mol. The van der Waals surface area contributed by atoms with Crippen LogP contribution in [0, 0.1) is 0 Å². The molecule has 0 aliphatic rings. The molecule has 5 heteroatoms. The Kier molecular flexibility index (Phi) is 7.78. The van der Waals surface area contributed by atoms with E-state index >= 15 is 0 Å². The standard InChI is InChI=1S/C10H21F3N2/c1-3-15(4-2)9-5-7-14-8-6-10(11,12)13/h14H,3-9H2,1-2H3. The molecular formula is C10H21F3N2. The normalized spacial score (nSPS) is 12.4. The highest BCUT2D eigenvalue weighted by Gasteiger charge is 2.25. The highest BCUT2D eigenvalue weighted by Crippen LogP contribution is 2.17. The van der Waals surface area contributed by atoms with E-state index in [1.165, 1.54) is 0 Å². The number of hydrogen-bond acceptors (Lipinski definition) is 2. The molecule has 0 aromatic heterocycles. The van der Waals surface area contributed by atoms with E-state index in [0.29, 0.717) is 6.54 Å². The lowest BCUT2D eigenvalue weighted by molar-refractivity contribution is -0.133. The average Bonchev–Trinajstić information content (AvgIpc) is 2.15. The van der Waals surface area contributed by atoms with Crippen molar-refractivity contribution in [1.82, 2.24) is 10.2 Å². The maximum atomic E-state index is 11.8. The topological polar surface area (TPSA) is 15.3 Å². The molecule has 0 fully saturated rings. The average molecular weight is 226 g/mol. The van der Waals surface area contributed by atoms with Crippen LogP contribution in [0.5, 0.6) is 0 Å². The summed E-state index contributed by atoms with van der Waals surface area (Å²) < 4.78 is 35.3. The summed E-state index contributed by atoms with van der Waals surface area (Å²) in [4.78, 5) is 2.26. The van der Waals surface area contributed by atoms with Crippen molar-refractivity contribution in [2.75, 3.05) is 32.7 Å². The Morgan fingerprint density at radius 1 is 1.07 bits per heavy atom. The SMILES string of the molecule is CCN(CC)CCCNCCC(F)(F)F. The maximum Gasteiger partial charge on any atom is 0.390 e. The number of alkyl halides is 3. The van der Waals surface area contributed by atoms with Crippen molar-refractivity contribution in [2.24, 2.45) is 0 Å². The van der Waals surface area contributed by atoms with E-state index in [4.69, 9.17) is 0 Å². The molecule has 92 valence electrons. The summed E-state index contributed by atoms with van der Waals surface area (Å²) in [6.45, 7) is 7.81. The summed E-state index contributed by atoms with van der Waals surface area (Å²) >= 11 is 0. The number of rotatable bonds is 8. The fourth-order valence-electron chi connectivity index (χ4n) is 1.32. The fraction of sp³-hybridized carbons (Fsp3) is 1.00. The van der Waals surface area contributed by atoms with Gasteiger partial charge in [0.2, 0.25) is 0 Å². The van der Waals surface area contributed by atoms with Crippen molar-refractivity contribution in [1.29, 1.82) is 0 Å². The van der Waals surface area contributed by atoms with E-state index in [0.717, 1.165) is 26.1 Å². The third-order valence-corrected chi connectivity index (χ3v) is 2.31. The first kappa shape index (κ1) is 14.7. The molecule has 0 atom stereocenters. The van der Waals surface area contributed by atoms with Crippen molar-refractivity contribution < 1.29 is 13.2 Å². The molecular weight excluding hydrogens is 205 g/mol. The second kappa shape index (κ2) is 7.93. The minimum Gasteiger partial charge on any atom is -0.316 e. The summed E-state index contributed by atoms with van der Waals surface area (Å²) in [5.74, 6) is 0. The predicted molar refractivity (Wildman–Crippen MR) is 55.9 cm³/mol. The van der Waals surface area contributed by atoms with Crippen LogP contribution in [0.1, 0.15) is 26.7 Å². The van der Waals surface area contributed by atoms with Gasteiger partial charge < -0.3 is 10.2 Å². The molecule has 0 bridgehead atoms. The van der Waals surface area contributed by atoms with Crippen LogP contribution in [0.2, 0.25) is 0 Å². The highest BCUT2D eigenvalue weighted by atomic mass is 19.4. The number of hydrogen-bond donors (Lipinski definition) is 1. The molecule has 0 saturated heterocycles. The van der Waals surface area contributed by atoms with Crippen molar-refractivity contribution in [3.63, 3.8) is 0 Å². The molecule has 0 aliphatic heterocycles. The van der Waals surface area contributed by atoms with Gasteiger partial charge in [0.25, 0.3) is 0 Å². The summed E-state index contributed by atoms with van der Waals surface area (Å²) in [6.07, 6.45) is -3.87. The molecule has 0 aromatic rings. The van der Waals surface area contributed by atoms with Crippen LogP contribution in [-0.4, -0.2) is 43.8 Å². The first-order chi connectivity index (χ1) is 6.99. The minimum absolute atomic E-state index is 0.0295. The predicted octanol–water partition coefficient (Wildman–Crippen LogP) is 2.26. The number of nitrogens with one attached hydrogen (secondary N) is 1. The van der Waals surface area contributed by atoms with Crippen LogP contribution in [0.3, 0.4) is 0 Å². The number of nitrogens with zero attached hydrogens (tertiary/aromatic N) is 1. The molecule has 0 unspecified atom stereocenters. The van der Waals surface area contributed by atoms with E-state index < -0.39 is 12.6 Å². The van der Waals surface area contributed by atoms with Crippen molar-refractivity contribution >= 4 is 0 Å². The van der Waals surface area contributed by atoms with E-state index in [-0.39, 0.29) is 6.54 Å². The van der Waals surface area contributed by atoms with Gasteiger partial charge in [-0.15, -0.1) is 0 Å². The van der Waals surface area contributed by atoms with Crippen LogP contribution >= 0.6 is 0 Å². The van der Waals surface area contributed by atoms with Gasteiger partial charge in [-0.25, -0.2) is 0 Å². The van der Waals surface area contributed by atoms with E-state index in [9.17, 15) is 13.2 Å². The molecule has 0 spiro atoms. The Balaban J connectivity index is 3.25. The van der Waals surface area contributed by atoms with Crippen LogP contribution in [-0.2, 0) is 0 Å². The van der Waals surface area contributed by atoms with E-state index in [1.807, 2.05) is 0 Å². The lowest BCUT2D eigenvalue weighted by Gasteiger charge is -2.17. The smallest absolute Gasteiger partial charge is 0.316 e. The van der Waals surface area contributed by atoms with Gasteiger partial charge in [0.05, 0.1) is 6.42 Å². The Morgan fingerprint density at radius 2 is 1.67 bits per heavy atom. The van der Waals surface area contributed by atoms with Crippen LogP contribution < -0.4 is 5.32 Å². The Labute approximate surface area is 89.8 Å². The highest BCUT2D eigenvalue weighted by molar-refractivity contribution is 4.57. The Hall–Kier alpha value is -0.290. The van der Waals surface area contributed by atoms with Gasteiger partial charge in [-0.2, -0.15) is 13.2 Å². The van der Waals surface area contributed by atoms with Gasteiger partial charge in [0.15, 0.2) is 0 Å². The second-order valence-electron chi connectivity index (χ2n) is 3.50. The molecule has 15 heavy (non-hydrogen) atoms.